The Bertz CT molecular complexity index is 1150. The minimum absolute atomic E-state index is 0.0111. The SMILES string of the molecule is COc1ccc(N2C(=O)CN(c3c(C)cccc3C)C(=O)C2c2ccc(N(C)C)cc2)cc1. The van der Waals surface area contributed by atoms with Gasteiger partial charge in [-0.3, -0.25) is 14.5 Å². The van der Waals surface area contributed by atoms with Gasteiger partial charge in [0.15, 0.2) is 0 Å². The highest BCUT2D eigenvalue weighted by Gasteiger charge is 2.42. The van der Waals surface area contributed by atoms with Crippen molar-refractivity contribution in [1.82, 2.24) is 0 Å². The van der Waals surface area contributed by atoms with Crippen molar-refractivity contribution < 1.29 is 14.3 Å². The molecular weight excluding hydrogens is 414 g/mol. The van der Waals surface area contributed by atoms with Gasteiger partial charge in [0.05, 0.1) is 12.8 Å². The number of methoxy groups -OCH3 is 1. The summed E-state index contributed by atoms with van der Waals surface area (Å²) >= 11 is 0. The van der Waals surface area contributed by atoms with Gasteiger partial charge in [-0.2, -0.15) is 0 Å². The maximum absolute atomic E-state index is 14.0. The molecule has 6 heteroatoms. The molecule has 1 fully saturated rings. The Hall–Kier alpha value is -3.80. The zero-order valence-corrected chi connectivity index (χ0v) is 19.7. The first-order chi connectivity index (χ1) is 15.8. The molecule has 6 nitrogen and oxygen atoms in total. The third-order valence-electron chi connectivity index (χ3n) is 6.11. The van der Waals surface area contributed by atoms with Gasteiger partial charge in [0, 0.05) is 25.5 Å². The Balaban J connectivity index is 1.83. The molecule has 1 atom stereocenters. The number of nitrogens with zero attached hydrogens (tertiary/aromatic N) is 3. The van der Waals surface area contributed by atoms with Crippen molar-refractivity contribution in [1.29, 1.82) is 0 Å². The van der Waals surface area contributed by atoms with Crippen molar-refractivity contribution in [2.24, 2.45) is 0 Å². The highest BCUT2D eigenvalue weighted by Crippen LogP contribution is 2.37. The molecule has 1 aliphatic rings. The van der Waals surface area contributed by atoms with Gasteiger partial charge in [0.1, 0.15) is 18.3 Å². The van der Waals surface area contributed by atoms with Crippen LogP contribution in [0.2, 0.25) is 0 Å². The van der Waals surface area contributed by atoms with Crippen LogP contribution in [0.4, 0.5) is 17.1 Å². The molecule has 2 amide bonds. The van der Waals surface area contributed by atoms with Gasteiger partial charge in [-0.15, -0.1) is 0 Å². The highest BCUT2D eigenvalue weighted by atomic mass is 16.5. The number of rotatable bonds is 5. The largest absolute Gasteiger partial charge is 0.497 e. The summed E-state index contributed by atoms with van der Waals surface area (Å²) in [5.41, 5.74) is 5.20. The lowest BCUT2D eigenvalue weighted by atomic mass is 9.97. The molecule has 0 aromatic heterocycles. The number of anilines is 3. The fourth-order valence-corrected chi connectivity index (χ4v) is 4.39. The highest BCUT2D eigenvalue weighted by molar-refractivity contribution is 6.15. The van der Waals surface area contributed by atoms with Crippen LogP contribution in [0.15, 0.2) is 66.7 Å². The molecule has 0 aliphatic carbocycles. The molecule has 1 unspecified atom stereocenters. The number of carbonyl (C=O) groups excluding carboxylic acids is 2. The lowest BCUT2D eigenvalue weighted by molar-refractivity contribution is -0.128. The van der Waals surface area contributed by atoms with E-state index in [1.54, 1.807) is 29.0 Å². The first kappa shape index (κ1) is 22.4. The summed E-state index contributed by atoms with van der Waals surface area (Å²) in [6.07, 6.45) is 0. The number of hydrogen-bond donors (Lipinski definition) is 0. The number of para-hydroxylation sites is 1. The van der Waals surface area contributed by atoms with Crippen LogP contribution in [0.5, 0.6) is 5.75 Å². The van der Waals surface area contributed by atoms with E-state index in [4.69, 9.17) is 4.74 Å². The molecule has 1 saturated heterocycles. The second kappa shape index (κ2) is 8.98. The van der Waals surface area contributed by atoms with Gasteiger partial charge in [0.2, 0.25) is 5.91 Å². The van der Waals surface area contributed by atoms with E-state index in [-0.39, 0.29) is 18.4 Å². The van der Waals surface area contributed by atoms with Crippen LogP contribution >= 0.6 is 0 Å². The van der Waals surface area contributed by atoms with E-state index in [1.165, 1.54) is 0 Å². The quantitative estimate of drug-likeness (QED) is 0.583. The van der Waals surface area contributed by atoms with Gasteiger partial charge in [-0.1, -0.05) is 30.3 Å². The average Bonchev–Trinajstić information content (AvgIpc) is 2.81. The lowest BCUT2D eigenvalue weighted by Crippen LogP contribution is -2.56. The number of carbonyl (C=O) groups is 2. The van der Waals surface area contributed by atoms with E-state index < -0.39 is 6.04 Å². The predicted octanol–water partition coefficient (Wildman–Crippen LogP) is 4.50. The Labute approximate surface area is 195 Å². The minimum atomic E-state index is -0.769. The van der Waals surface area contributed by atoms with Crippen molar-refractivity contribution in [3.8, 4) is 5.75 Å². The molecule has 0 radical (unpaired) electrons. The molecule has 33 heavy (non-hydrogen) atoms. The second-order valence-corrected chi connectivity index (χ2v) is 8.52. The van der Waals surface area contributed by atoms with Crippen LogP contribution in [0.25, 0.3) is 0 Å². The number of hydrogen-bond acceptors (Lipinski definition) is 4. The lowest BCUT2D eigenvalue weighted by Gasteiger charge is -2.41. The Morgan fingerprint density at radius 2 is 1.48 bits per heavy atom. The topological polar surface area (TPSA) is 53.1 Å². The summed E-state index contributed by atoms with van der Waals surface area (Å²) < 4.78 is 5.27. The molecule has 170 valence electrons. The Morgan fingerprint density at radius 3 is 2.03 bits per heavy atom. The number of aryl methyl sites for hydroxylation is 2. The van der Waals surface area contributed by atoms with Gasteiger partial charge in [0.25, 0.3) is 5.91 Å². The third-order valence-corrected chi connectivity index (χ3v) is 6.11. The Morgan fingerprint density at radius 1 is 0.879 bits per heavy atom. The van der Waals surface area contributed by atoms with Crippen molar-refractivity contribution in [2.45, 2.75) is 19.9 Å². The third kappa shape index (κ3) is 4.16. The van der Waals surface area contributed by atoms with Crippen LogP contribution < -0.4 is 19.4 Å². The Kier molecular flexibility index (Phi) is 6.09. The molecular formula is C27H29N3O3. The number of ether oxygens (including phenoxy) is 1. The maximum atomic E-state index is 14.0. The molecule has 4 rings (SSSR count). The van der Waals surface area contributed by atoms with Crippen LogP contribution in [0.3, 0.4) is 0 Å². The van der Waals surface area contributed by atoms with Crippen LogP contribution in [-0.4, -0.2) is 39.6 Å². The van der Waals surface area contributed by atoms with Crippen molar-refractivity contribution in [3.05, 3.63) is 83.4 Å². The summed E-state index contributed by atoms with van der Waals surface area (Å²) in [6, 6.07) is 20.2. The van der Waals surface area contributed by atoms with E-state index in [0.29, 0.717) is 11.4 Å². The first-order valence-corrected chi connectivity index (χ1v) is 10.9. The predicted molar refractivity (Wildman–Crippen MR) is 132 cm³/mol. The van der Waals surface area contributed by atoms with Gasteiger partial charge < -0.3 is 14.5 Å². The summed E-state index contributed by atoms with van der Waals surface area (Å²) in [4.78, 5) is 32.8. The second-order valence-electron chi connectivity index (χ2n) is 8.52. The monoisotopic (exact) mass is 443 g/mol. The molecule has 3 aromatic carbocycles. The van der Waals surface area contributed by atoms with E-state index in [9.17, 15) is 9.59 Å². The smallest absolute Gasteiger partial charge is 0.255 e. The van der Waals surface area contributed by atoms with Crippen molar-refractivity contribution in [3.63, 3.8) is 0 Å². The summed E-state index contributed by atoms with van der Waals surface area (Å²) in [6.45, 7) is 3.93. The number of piperazine rings is 1. The van der Waals surface area contributed by atoms with Gasteiger partial charge in [-0.05, 0) is 66.9 Å². The molecule has 0 spiro atoms. The van der Waals surface area contributed by atoms with Gasteiger partial charge in [-0.25, -0.2) is 0 Å². The van der Waals surface area contributed by atoms with Gasteiger partial charge >= 0.3 is 0 Å². The van der Waals surface area contributed by atoms with E-state index >= 15 is 0 Å². The number of benzene rings is 3. The molecule has 1 aliphatic heterocycles. The fraction of sp³-hybridized carbons (Fsp3) is 0.259. The normalized spacial score (nSPS) is 16.2. The molecule has 0 N–H and O–H groups in total. The van der Waals surface area contributed by atoms with Crippen LogP contribution in [0, 0.1) is 13.8 Å². The van der Waals surface area contributed by atoms with Crippen molar-refractivity contribution in [2.75, 3.05) is 42.4 Å². The number of amides is 2. The minimum Gasteiger partial charge on any atom is -0.497 e. The van der Waals surface area contributed by atoms with E-state index in [0.717, 1.165) is 28.1 Å². The average molecular weight is 444 g/mol. The van der Waals surface area contributed by atoms with E-state index in [1.807, 2.05) is 87.4 Å². The van der Waals surface area contributed by atoms with Crippen molar-refractivity contribution >= 4 is 28.9 Å². The zero-order chi connectivity index (χ0) is 23.7. The maximum Gasteiger partial charge on any atom is 0.255 e. The molecule has 0 saturated carbocycles. The molecule has 3 aromatic rings. The first-order valence-electron chi connectivity index (χ1n) is 10.9. The van der Waals surface area contributed by atoms with Crippen LogP contribution in [0.1, 0.15) is 22.7 Å². The summed E-state index contributed by atoms with van der Waals surface area (Å²) in [7, 11) is 5.54. The molecule has 1 heterocycles. The van der Waals surface area contributed by atoms with Crippen LogP contribution in [-0.2, 0) is 9.59 Å². The zero-order valence-electron chi connectivity index (χ0n) is 19.7. The standard InChI is InChI=1S/C27H29N3O3/c1-18-7-6-8-19(2)25(18)29-17-24(31)30(22-13-15-23(33-5)16-14-22)26(27(29)32)20-9-11-21(12-10-20)28(3)4/h6-16,26H,17H2,1-5H3. The summed E-state index contributed by atoms with van der Waals surface area (Å²) in [5.74, 6) is 0.433. The summed E-state index contributed by atoms with van der Waals surface area (Å²) in [5, 5.41) is 0. The fourth-order valence-electron chi connectivity index (χ4n) is 4.39. The van der Waals surface area contributed by atoms with E-state index in [2.05, 4.69) is 0 Å². The molecule has 0 bridgehead atoms.